The van der Waals surface area contributed by atoms with Crippen LogP contribution in [0, 0.1) is 11.7 Å². The summed E-state index contributed by atoms with van der Waals surface area (Å²) in [5, 5.41) is 3.53. The van der Waals surface area contributed by atoms with Crippen LogP contribution in [0.1, 0.15) is 19.8 Å². The van der Waals surface area contributed by atoms with Crippen molar-refractivity contribution in [3.63, 3.8) is 0 Å². The van der Waals surface area contributed by atoms with Crippen molar-refractivity contribution in [1.82, 2.24) is 9.97 Å². The molecule has 0 bridgehead atoms. The van der Waals surface area contributed by atoms with E-state index in [1.54, 1.807) is 24.5 Å². The Morgan fingerprint density at radius 2 is 2.08 bits per heavy atom. The van der Waals surface area contributed by atoms with Gasteiger partial charge in [0.1, 0.15) is 10.8 Å². The lowest BCUT2D eigenvalue weighted by atomic mass is 10.0. The van der Waals surface area contributed by atoms with Gasteiger partial charge >= 0.3 is 0 Å². The molecule has 1 saturated heterocycles. The minimum Gasteiger partial charge on any atom is -0.354 e. The highest BCUT2D eigenvalue weighted by atomic mass is 32.2. The first-order valence-electron chi connectivity index (χ1n) is 8.36. The number of carbonyl (C=O) groups excluding carboxylic acids is 1. The smallest absolute Gasteiger partial charge is 0.234 e. The quantitative estimate of drug-likeness (QED) is 0.826. The number of anilines is 2. The molecule has 5 nitrogen and oxygen atoms in total. The highest BCUT2D eigenvalue weighted by Gasteiger charge is 2.21. The molecule has 132 valence electrons. The maximum Gasteiger partial charge on any atom is 0.234 e. The van der Waals surface area contributed by atoms with Crippen molar-refractivity contribution < 1.29 is 9.18 Å². The van der Waals surface area contributed by atoms with Crippen LogP contribution in [0.3, 0.4) is 0 Å². The average molecular weight is 360 g/mol. The second-order valence-corrected chi connectivity index (χ2v) is 7.19. The molecule has 1 atom stereocenters. The third-order valence-corrected chi connectivity index (χ3v) is 5.04. The van der Waals surface area contributed by atoms with Gasteiger partial charge in [-0.15, -0.1) is 0 Å². The Hall–Kier alpha value is -2.15. The van der Waals surface area contributed by atoms with Gasteiger partial charge in [-0.2, -0.15) is 0 Å². The lowest BCUT2D eigenvalue weighted by Crippen LogP contribution is -2.35. The molecule has 7 heteroatoms. The third-order valence-electron chi connectivity index (χ3n) is 4.07. The van der Waals surface area contributed by atoms with Gasteiger partial charge in [0.05, 0.1) is 5.75 Å². The number of hydrogen-bond donors (Lipinski definition) is 1. The number of carbonyl (C=O) groups is 1. The second kappa shape index (κ2) is 8.29. The van der Waals surface area contributed by atoms with Gasteiger partial charge in [-0.05, 0) is 43.0 Å². The number of benzene rings is 1. The molecule has 1 aliphatic heterocycles. The number of halogens is 1. The molecule has 0 spiro atoms. The van der Waals surface area contributed by atoms with Gasteiger partial charge in [0.2, 0.25) is 5.91 Å². The highest BCUT2D eigenvalue weighted by Crippen LogP contribution is 2.29. The zero-order valence-electron chi connectivity index (χ0n) is 14.1. The Morgan fingerprint density at radius 3 is 2.84 bits per heavy atom. The Morgan fingerprint density at radius 1 is 1.32 bits per heavy atom. The molecule has 1 N–H and O–H groups in total. The van der Waals surface area contributed by atoms with E-state index in [2.05, 4.69) is 27.1 Å². The van der Waals surface area contributed by atoms with E-state index in [4.69, 9.17) is 0 Å². The predicted octanol–water partition coefficient (Wildman–Crippen LogP) is 3.58. The van der Waals surface area contributed by atoms with Crippen molar-refractivity contribution in [2.45, 2.75) is 24.8 Å². The fourth-order valence-corrected chi connectivity index (χ4v) is 3.67. The second-order valence-electron chi connectivity index (χ2n) is 6.22. The average Bonchev–Trinajstić information content (AvgIpc) is 2.62. The van der Waals surface area contributed by atoms with Gasteiger partial charge < -0.3 is 10.2 Å². The van der Waals surface area contributed by atoms with Gasteiger partial charge in [0.25, 0.3) is 0 Å². The van der Waals surface area contributed by atoms with Crippen LogP contribution in [0.2, 0.25) is 0 Å². The van der Waals surface area contributed by atoms with E-state index in [-0.39, 0.29) is 17.5 Å². The van der Waals surface area contributed by atoms with E-state index in [1.165, 1.54) is 30.3 Å². The number of nitrogens with zero attached hydrogens (tertiary/aromatic N) is 3. The standard InChI is InChI=1S/C18H21FN4OS/c1-13-3-2-10-23(11-13)17-18(21-9-8-20-17)25-12-16(24)22-15-6-4-14(19)5-7-15/h4-9,13H,2-3,10-12H2,1H3,(H,22,24)/t13-/m1/s1. The van der Waals surface area contributed by atoms with Crippen LogP contribution in [0.25, 0.3) is 0 Å². The summed E-state index contributed by atoms with van der Waals surface area (Å²) in [5.74, 6) is 1.24. The van der Waals surface area contributed by atoms with Crippen molar-refractivity contribution in [3.8, 4) is 0 Å². The summed E-state index contributed by atoms with van der Waals surface area (Å²) >= 11 is 1.37. The highest BCUT2D eigenvalue weighted by molar-refractivity contribution is 8.00. The van der Waals surface area contributed by atoms with Crippen LogP contribution in [-0.4, -0.2) is 34.7 Å². The lowest BCUT2D eigenvalue weighted by Gasteiger charge is -2.32. The molecule has 1 aromatic carbocycles. The molecular formula is C18H21FN4OS. The Labute approximate surface area is 151 Å². The fraction of sp³-hybridized carbons (Fsp3) is 0.389. The molecule has 1 fully saturated rings. The van der Waals surface area contributed by atoms with E-state index in [9.17, 15) is 9.18 Å². The van der Waals surface area contributed by atoms with Crippen LogP contribution in [-0.2, 0) is 4.79 Å². The van der Waals surface area contributed by atoms with Crippen LogP contribution >= 0.6 is 11.8 Å². The fourth-order valence-electron chi connectivity index (χ4n) is 2.88. The number of rotatable bonds is 5. The summed E-state index contributed by atoms with van der Waals surface area (Å²) in [4.78, 5) is 23.3. The van der Waals surface area contributed by atoms with Crippen molar-refractivity contribution in [1.29, 1.82) is 0 Å². The summed E-state index contributed by atoms with van der Waals surface area (Å²) in [5.41, 5.74) is 0.580. The minimum absolute atomic E-state index is 0.153. The zero-order valence-corrected chi connectivity index (χ0v) is 14.9. The summed E-state index contributed by atoms with van der Waals surface area (Å²) in [6.07, 6.45) is 5.72. The lowest BCUT2D eigenvalue weighted by molar-refractivity contribution is -0.113. The predicted molar refractivity (Wildman–Crippen MR) is 98.4 cm³/mol. The molecule has 1 aliphatic rings. The first-order valence-corrected chi connectivity index (χ1v) is 9.34. The molecule has 0 saturated carbocycles. The number of thioether (sulfide) groups is 1. The number of nitrogens with one attached hydrogen (secondary N) is 1. The van der Waals surface area contributed by atoms with Gasteiger partial charge in [-0.25, -0.2) is 14.4 Å². The molecule has 0 aliphatic carbocycles. The van der Waals surface area contributed by atoms with E-state index in [1.807, 2.05) is 0 Å². The minimum atomic E-state index is -0.327. The van der Waals surface area contributed by atoms with Crippen molar-refractivity contribution >= 4 is 29.2 Å². The monoisotopic (exact) mass is 360 g/mol. The topological polar surface area (TPSA) is 58.1 Å². The van der Waals surface area contributed by atoms with Crippen LogP contribution in [0.5, 0.6) is 0 Å². The normalized spacial score (nSPS) is 17.4. The van der Waals surface area contributed by atoms with Crippen molar-refractivity contribution in [2.75, 3.05) is 29.1 Å². The van der Waals surface area contributed by atoms with Crippen LogP contribution in [0.4, 0.5) is 15.9 Å². The van der Waals surface area contributed by atoms with Crippen LogP contribution in [0.15, 0.2) is 41.7 Å². The molecule has 3 rings (SSSR count). The SMILES string of the molecule is C[C@@H]1CCCN(c2nccnc2SCC(=O)Nc2ccc(F)cc2)C1. The molecule has 2 heterocycles. The summed E-state index contributed by atoms with van der Waals surface area (Å²) in [6.45, 7) is 4.18. The maximum atomic E-state index is 12.9. The van der Waals surface area contributed by atoms with Gasteiger partial charge in [0.15, 0.2) is 5.82 Å². The van der Waals surface area contributed by atoms with Gasteiger partial charge in [0, 0.05) is 31.2 Å². The van der Waals surface area contributed by atoms with Crippen LogP contribution < -0.4 is 10.2 Å². The van der Waals surface area contributed by atoms with E-state index in [0.717, 1.165) is 30.4 Å². The molecule has 2 aromatic rings. The number of piperidine rings is 1. The molecular weight excluding hydrogens is 339 g/mol. The van der Waals surface area contributed by atoms with Crippen molar-refractivity contribution in [3.05, 3.63) is 42.5 Å². The number of aromatic nitrogens is 2. The number of hydrogen-bond acceptors (Lipinski definition) is 5. The molecule has 25 heavy (non-hydrogen) atoms. The van der Waals surface area contributed by atoms with Crippen molar-refractivity contribution in [2.24, 2.45) is 5.92 Å². The molecule has 0 radical (unpaired) electrons. The molecule has 0 unspecified atom stereocenters. The van der Waals surface area contributed by atoms with E-state index >= 15 is 0 Å². The number of amides is 1. The third kappa shape index (κ3) is 4.92. The van der Waals surface area contributed by atoms with Gasteiger partial charge in [-0.3, -0.25) is 4.79 Å². The molecule has 1 aromatic heterocycles. The van der Waals surface area contributed by atoms with E-state index < -0.39 is 0 Å². The molecule has 1 amide bonds. The summed E-state index contributed by atoms with van der Waals surface area (Å²) in [7, 11) is 0. The van der Waals surface area contributed by atoms with Gasteiger partial charge in [-0.1, -0.05) is 18.7 Å². The largest absolute Gasteiger partial charge is 0.354 e. The van der Waals surface area contributed by atoms with E-state index in [0.29, 0.717) is 11.6 Å². The zero-order chi connectivity index (χ0) is 17.6. The Kier molecular flexibility index (Phi) is 5.86. The first kappa shape index (κ1) is 17.7. The first-order chi connectivity index (χ1) is 12.1. The Bertz CT molecular complexity index is 725. The Balaban J connectivity index is 1.61. The summed E-state index contributed by atoms with van der Waals surface area (Å²) in [6, 6.07) is 5.73. The summed E-state index contributed by atoms with van der Waals surface area (Å²) < 4.78 is 12.9. The maximum absolute atomic E-state index is 12.9.